The van der Waals surface area contributed by atoms with Crippen molar-refractivity contribution in [3.63, 3.8) is 0 Å². The van der Waals surface area contributed by atoms with Crippen molar-refractivity contribution in [3.05, 3.63) is 56.7 Å². The van der Waals surface area contributed by atoms with E-state index in [-0.39, 0.29) is 17.9 Å². The lowest BCUT2D eigenvalue weighted by Gasteiger charge is -2.15. The topological polar surface area (TPSA) is 58.2 Å². The van der Waals surface area contributed by atoms with Crippen LogP contribution < -0.4 is 10.6 Å². The molecule has 0 aliphatic carbocycles. The number of carbonyl (C=O) groups excluding carboxylic acids is 2. The van der Waals surface area contributed by atoms with E-state index in [0.29, 0.717) is 24.9 Å². The summed E-state index contributed by atoms with van der Waals surface area (Å²) in [4.78, 5) is 23.7. The highest BCUT2D eigenvalue weighted by atomic mass is 79.9. The van der Waals surface area contributed by atoms with Gasteiger partial charge in [0.2, 0.25) is 5.91 Å². The van der Waals surface area contributed by atoms with Gasteiger partial charge in [0, 0.05) is 28.4 Å². The van der Waals surface area contributed by atoms with E-state index >= 15 is 0 Å². The van der Waals surface area contributed by atoms with E-state index in [1.165, 1.54) is 11.3 Å². The van der Waals surface area contributed by atoms with Crippen LogP contribution in [-0.4, -0.2) is 18.4 Å². The molecule has 2 amide bonds. The molecule has 0 saturated heterocycles. The summed E-state index contributed by atoms with van der Waals surface area (Å²) in [5, 5.41) is 9.46. The van der Waals surface area contributed by atoms with Crippen LogP contribution in [-0.2, 0) is 4.79 Å². The van der Waals surface area contributed by atoms with Crippen LogP contribution in [0.4, 0.5) is 0 Å². The summed E-state index contributed by atoms with van der Waals surface area (Å²) in [5.41, 5.74) is 1.72. The molecule has 1 aromatic heterocycles. The van der Waals surface area contributed by atoms with Gasteiger partial charge < -0.3 is 10.6 Å². The van der Waals surface area contributed by atoms with E-state index in [9.17, 15) is 9.59 Å². The monoisotopic (exact) mass is 394 g/mol. The summed E-state index contributed by atoms with van der Waals surface area (Å²) in [6, 6.07) is 9.56. The molecule has 0 aliphatic heterocycles. The first-order chi connectivity index (χ1) is 11.1. The average Bonchev–Trinajstić information content (AvgIpc) is 3.06. The Bertz CT molecular complexity index is 658. The van der Waals surface area contributed by atoms with Gasteiger partial charge in [-0.05, 0) is 36.4 Å². The molecule has 1 aromatic carbocycles. The lowest BCUT2D eigenvalue weighted by molar-refractivity contribution is -0.121. The number of thiophene rings is 1. The highest BCUT2D eigenvalue weighted by Gasteiger charge is 2.12. The molecule has 1 heterocycles. The second-order valence-electron chi connectivity index (χ2n) is 5.18. The number of halogens is 1. The van der Waals surface area contributed by atoms with Gasteiger partial charge in [-0.2, -0.15) is 11.3 Å². The fraction of sp³-hybridized carbons (Fsp3) is 0.294. The van der Waals surface area contributed by atoms with Gasteiger partial charge in [0.1, 0.15) is 0 Å². The molecule has 0 saturated carbocycles. The van der Waals surface area contributed by atoms with Crippen LogP contribution in [0.2, 0.25) is 0 Å². The first-order valence-electron chi connectivity index (χ1n) is 7.42. The van der Waals surface area contributed by atoms with Gasteiger partial charge in [0.15, 0.2) is 0 Å². The molecule has 122 valence electrons. The van der Waals surface area contributed by atoms with E-state index in [0.717, 1.165) is 10.0 Å². The minimum atomic E-state index is -0.0896. The lowest BCUT2D eigenvalue weighted by Crippen LogP contribution is -2.29. The van der Waals surface area contributed by atoms with Crippen LogP contribution in [0.15, 0.2) is 45.6 Å². The van der Waals surface area contributed by atoms with Crippen LogP contribution >= 0.6 is 27.3 Å². The van der Waals surface area contributed by atoms with E-state index in [4.69, 9.17) is 0 Å². The van der Waals surface area contributed by atoms with Crippen molar-refractivity contribution >= 4 is 39.1 Å². The number of benzene rings is 1. The maximum absolute atomic E-state index is 12.0. The largest absolute Gasteiger partial charge is 0.352 e. The third-order valence-corrected chi connectivity index (χ3v) is 4.80. The van der Waals surface area contributed by atoms with Gasteiger partial charge in [-0.1, -0.05) is 34.1 Å². The minimum absolute atomic E-state index is 0.0157. The van der Waals surface area contributed by atoms with Crippen molar-refractivity contribution in [2.75, 3.05) is 6.54 Å². The van der Waals surface area contributed by atoms with Gasteiger partial charge in [-0.3, -0.25) is 9.59 Å². The molecule has 4 nitrogen and oxygen atoms in total. The molecule has 0 fully saturated rings. The number of carbonyl (C=O) groups is 2. The number of amides is 2. The van der Waals surface area contributed by atoms with Crippen LogP contribution in [0.5, 0.6) is 0 Å². The summed E-state index contributed by atoms with van der Waals surface area (Å²) >= 11 is 4.98. The third-order valence-electron chi connectivity index (χ3n) is 3.40. The molecule has 6 heteroatoms. The fourth-order valence-corrected chi connectivity index (χ4v) is 3.43. The maximum atomic E-state index is 12.0. The molecule has 1 atom stereocenters. The van der Waals surface area contributed by atoms with E-state index in [2.05, 4.69) is 26.6 Å². The lowest BCUT2D eigenvalue weighted by atomic mass is 10.1. The highest BCUT2D eigenvalue weighted by Crippen LogP contribution is 2.22. The average molecular weight is 395 g/mol. The first kappa shape index (κ1) is 17.7. The zero-order valence-electron chi connectivity index (χ0n) is 12.8. The molecule has 2 rings (SSSR count). The van der Waals surface area contributed by atoms with Gasteiger partial charge in [-0.15, -0.1) is 0 Å². The quantitative estimate of drug-likeness (QED) is 0.699. The van der Waals surface area contributed by atoms with Crippen molar-refractivity contribution in [2.24, 2.45) is 0 Å². The Morgan fingerprint density at radius 2 is 2.04 bits per heavy atom. The molecule has 0 radical (unpaired) electrons. The molecule has 23 heavy (non-hydrogen) atoms. The molecule has 0 bridgehead atoms. The van der Waals surface area contributed by atoms with Crippen LogP contribution in [0.3, 0.4) is 0 Å². The Hall–Kier alpha value is -1.66. The Kier molecular flexibility index (Phi) is 6.80. The number of hydrogen-bond donors (Lipinski definition) is 2. The zero-order valence-corrected chi connectivity index (χ0v) is 15.2. The third kappa shape index (κ3) is 5.48. The first-order valence-corrected chi connectivity index (χ1v) is 9.15. The van der Waals surface area contributed by atoms with Gasteiger partial charge in [-0.25, -0.2) is 0 Å². The molecule has 0 aliphatic rings. The smallest absolute Gasteiger partial charge is 0.252 e. The van der Waals surface area contributed by atoms with Gasteiger partial charge in [0.25, 0.3) is 5.91 Å². The van der Waals surface area contributed by atoms with Gasteiger partial charge >= 0.3 is 0 Å². The zero-order chi connectivity index (χ0) is 16.7. The second-order valence-corrected chi connectivity index (χ2v) is 6.82. The molecule has 2 aromatic rings. The fourth-order valence-electron chi connectivity index (χ4n) is 2.16. The Morgan fingerprint density at radius 1 is 1.26 bits per heavy atom. The van der Waals surface area contributed by atoms with E-state index in [1.54, 1.807) is 11.4 Å². The normalized spacial score (nSPS) is 11.7. The van der Waals surface area contributed by atoms with E-state index in [1.807, 2.05) is 36.6 Å². The van der Waals surface area contributed by atoms with Crippen molar-refractivity contribution in [3.8, 4) is 0 Å². The number of nitrogens with one attached hydrogen (secondary N) is 2. The summed E-state index contributed by atoms with van der Waals surface area (Å²) < 4.78 is 0.982. The minimum Gasteiger partial charge on any atom is -0.352 e. The molecular formula is C17H19BrN2O2S. The molecule has 2 N–H and O–H groups in total. The number of hydrogen-bond acceptors (Lipinski definition) is 3. The number of rotatable bonds is 7. The Labute approximate surface area is 148 Å². The molecular weight excluding hydrogens is 376 g/mol. The highest BCUT2D eigenvalue weighted by molar-refractivity contribution is 9.10. The summed E-state index contributed by atoms with van der Waals surface area (Å²) in [6.45, 7) is 2.45. The van der Waals surface area contributed by atoms with Crippen molar-refractivity contribution in [1.82, 2.24) is 10.6 Å². The Morgan fingerprint density at radius 3 is 2.74 bits per heavy atom. The SMILES string of the molecule is CC(NC(=O)CCCNC(=O)c1ccsc1)c1ccccc1Br. The summed E-state index contributed by atoms with van der Waals surface area (Å²) in [7, 11) is 0. The second kappa shape index (κ2) is 8.84. The predicted octanol–water partition coefficient (Wildman–Crippen LogP) is 3.90. The molecule has 0 spiro atoms. The summed E-state index contributed by atoms with van der Waals surface area (Å²) in [6.07, 6.45) is 1.00. The van der Waals surface area contributed by atoms with Gasteiger partial charge in [0.05, 0.1) is 6.04 Å². The van der Waals surface area contributed by atoms with Crippen LogP contribution in [0, 0.1) is 0 Å². The predicted molar refractivity (Wildman–Crippen MR) is 96.6 cm³/mol. The van der Waals surface area contributed by atoms with Crippen molar-refractivity contribution in [2.45, 2.75) is 25.8 Å². The summed E-state index contributed by atoms with van der Waals surface area (Å²) in [5.74, 6) is -0.105. The van der Waals surface area contributed by atoms with Crippen molar-refractivity contribution in [1.29, 1.82) is 0 Å². The van der Waals surface area contributed by atoms with Crippen LogP contribution in [0.25, 0.3) is 0 Å². The molecule has 1 unspecified atom stereocenters. The van der Waals surface area contributed by atoms with E-state index < -0.39 is 0 Å². The Balaban J connectivity index is 1.69. The standard InChI is InChI=1S/C17H19BrN2O2S/c1-12(14-5-2-3-6-15(14)18)20-16(21)7-4-9-19-17(22)13-8-10-23-11-13/h2-3,5-6,8,10-12H,4,7,9H2,1H3,(H,19,22)(H,20,21). The van der Waals surface area contributed by atoms with Crippen molar-refractivity contribution < 1.29 is 9.59 Å². The maximum Gasteiger partial charge on any atom is 0.252 e. The van der Waals surface area contributed by atoms with Crippen LogP contribution in [0.1, 0.15) is 41.7 Å².